The van der Waals surface area contributed by atoms with Crippen molar-refractivity contribution in [2.24, 2.45) is 0 Å². The quantitative estimate of drug-likeness (QED) is 0.0729. The predicted octanol–water partition coefficient (Wildman–Crippen LogP) is 5.28. The second kappa shape index (κ2) is 16.2. The molecule has 13 nitrogen and oxygen atoms in total. The van der Waals surface area contributed by atoms with Crippen LogP contribution in [0, 0.1) is 6.92 Å². The van der Waals surface area contributed by atoms with Crippen molar-refractivity contribution in [3.8, 4) is 11.5 Å². The van der Waals surface area contributed by atoms with Gasteiger partial charge in [-0.1, -0.05) is 60.7 Å². The number of aryl methyl sites for hydroxylation is 1. The number of carboxylic acids is 4. The SMILES string of the molecule is Cc1ccc(N(CC(=O)O)CC(=O)O)c(OCCOc2cc(/C=C/c3c4ccccc4nc4ccccc34)ccc2N(CC(=O)O)CC(=O)O)c1. The third-order valence-corrected chi connectivity index (χ3v) is 7.76. The molecule has 0 spiro atoms. The van der Waals surface area contributed by atoms with Crippen molar-refractivity contribution in [2.75, 3.05) is 49.2 Å². The molecule has 51 heavy (non-hydrogen) atoms. The maximum Gasteiger partial charge on any atom is 0.323 e. The molecule has 13 heteroatoms. The van der Waals surface area contributed by atoms with Crippen molar-refractivity contribution in [3.05, 3.63) is 102 Å². The van der Waals surface area contributed by atoms with Crippen molar-refractivity contribution in [1.29, 1.82) is 0 Å². The zero-order valence-corrected chi connectivity index (χ0v) is 27.6. The smallest absolute Gasteiger partial charge is 0.323 e. The summed E-state index contributed by atoms with van der Waals surface area (Å²) in [6.07, 6.45) is 3.83. The third kappa shape index (κ3) is 9.29. The number of carbonyl (C=O) groups is 4. The summed E-state index contributed by atoms with van der Waals surface area (Å²) in [7, 11) is 0. The molecule has 0 saturated carbocycles. The van der Waals surface area contributed by atoms with Crippen LogP contribution in [0.1, 0.15) is 16.7 Å². The summed E-state index contributed by atoms with van der Waals surface area (Å²) in [5, 5.41) is 39.7. The van der Waals surface area contributed by atoms with Crippen molar-refractivity contribution in [2.45, 2.75) is 6.92 Å². The zero-order valence-electron chi connectivity index (χ0n) is 27.6. The maximum absolute atomic E-state index is 11.7. The Labute approximate surface area is 292 Å². The Morgan fingerprint density at radius 2 is 1.06 bits per heavy atom. The molecule has 5 aromatic rings. The molecule has 0 amide bonds. The van der Waals surface area contributed by atoms with E-state index in [0.29, 0.717) is 5.56 Å². The van der Waals surface area contributed by atoms with Crippen molar-refractivity contribution >= 4 is 69.2 Å². The molecule has 0 aliphatic rings. The summed E-state index contributed by atoms with van der Waals surface area (Å²) in [5.41, 5.74) is 4.59. The van der Waals surface area contributed by atoms with Crippen LogP contribution in [0.3, 0.4) is 0 Å². The number of pyridine rings is 1. The number of para-hydroxylation sites is 2. The molecule has 0 aliphatic heterocycles. The van der Waals surface area contributed by atoms with Gasteiger partial charge in [-0.05, 0) is 60.0 Å². The lowest BCUT2D eigenvalue weighted by molar-refractivity contribution is -0.138. The van der Waals surface area contributed by atoms with Crippen molar-refractivity contribution in [3.63, 3.8) is 0 Å². The first kappa shape index (κ1) is 35.7. The van der Waals surface area contributed by atoms with Crippen molar-refractivity contribution < 1.29 is 49.1 Å². The van der Waals surface area contributed by atoms with Crippen molar-refractivity contribution in [1.82, 2.24) is 4.98 Å². The minimum absolute atomic E-state index is 0.0726. The standard InChI is InChI=1S/C38H35N3O10/c1-24-10-14-31(40(20-35(42)43)21-36(44)45)33(18-24)50-16-17-51-34-19-25(12-15-32(34)41(22-37(46)47)23-38(48)49)11-13-26-27-6-2-4-8-29(27)39-30-9-5-3-7-28(26)30/h2-15,18-19H,16-17,20-23H2,1H3,(H,42,43)(H,44,45)(H,46,47)(H,48,49)/b13-11+. The van der Waals surface area contributed by atoms with Gasteiger partial charge in [0.25, 0.3) is 0 Å². The highest BCUT2D eigenvalue weighted by Crippen LogP contribution is 2.33. The molecular weight excluding hydrogens is 658 g/mol. The van der Waals surface area contributed by atoms with Gasteiger partial charge < -0.3 is 39.7 Å². The highest BCUT2D eigenvalue weighted by Gasteiger charge is 2.21. The first-order chi connectivity index (χ1) is 24.5. The van der Waals surface area contributed by atoms with Gasteiger partial charge in [0, 0.05) is 10.8 Å². The van der Waals surface area contributed by atoms with Gasteiger partial charge in [-0.15, -0.1) is 0 Å². The fourth-order valence-corrected chi connectivity index (χ4v) is 5.65. The Morgan fingerprint density at radius 1 is 0.608 bits per heavy atom. The lowest BCUT2D eigenvalue weighted by Crippen LogP contribution is -2.35. The average molecular weight is 694 g/mol. The molecule has 0 atom stereocenters. The Kier molecular flexibility index (Phi) is 11.3. The van der Waals surface area contributed by atoms with Crippen LogP contribution in [0.2, 0.25) is 0 Å². The van der Waals surface area contributed by atoms with E-state index in [1.54, 1.807) is 43.3 Å². The number of nitrogens with zero attached hydrogens (tertiary/aromatic N) is 3. The lowest BCUT2D eigenvalue weighted by Gasteiger charge is -2.25. The van der Waals surface area contributed by atoms with E-state index in [-0.39, 0.29) is 36.1 Å². The van der Waals surface area contributed by atoms with E-state index in [2.05, 4.69) is 0 Å². The maximum atomic E-state index is 11.7. The molecule has 0 fully saturated rings. The van der Waals surface area contributed by atoms with Crippen LogP contribution in [-0.4, -0.2) is 88.7 Å². The lowest BCUT2D eigenvalue weighted by atomic mass is 10.0. The molecule has 0 aliphatic carbocycles. The molecule has 0 saturated heterocycles. The van der Waals surface area contributed by atoms with Gasteiger partial charge >= 0.3 is 23.9 Å². The molecule has 5 rings (SSSR count). The number of rotatable bonds is 17. The first-order valence-electron chi connectivity index (χ1n) is 15.8. The van der Waals surface area contributed by atoms with Crippen LogP contribution in [0.5, 0.6) is 11.5 Å². The minimum atomic E-state index is -1.23. The number of anilines is 2. The van der Waals surface area contributed by atoms with Gasteiger partial charge in [0.05, 0.1) is 22.4 Å². The van der Waals surface area contributed by atoms with E-state index in [1.807, 2.05) is 60.7 Å². The summed E-state index contributed by atoms with van der Waals surface area (Å²) >= 11 is 0. The number of hydrogen-bond donors (Lipinski definition) is 4. The van der Waals surface area contributed by atoms with Gasteiger partial charge in [0.15, 0.2) is 0 Å². The number of aromatic nitrogens is 1. The van der Waals surface area contributed by atoms with Gasteiger partial charge in [-0.2, -0.15) is 0 Å². The van der Waals surface area contributed by atoms with Gasteiger partial charge in [-0.3, -0.25) is 19.2 Å². The van der Waals surface area contributed by atoms with Gasteiger partial charge in [0.2, 0.25) is 0 Å². The van der Waals surface area contributed by atoms with E-state index in [9.17, 15) is 39.6 Å². The number of ether oxygens (including phenoxy) is 2. The minimum Gasteiger partial charge on any atom is -0.488 e. The molecule has 0 unspecified atom stereocenters. The molecule has 4 N–H and O–H groups in total. The zero-order chi connectivity index (χ0) is 36.5. The number of fused-ring (bicyclic) bond motifs is 2. The molecule has 1 heterocycles. The Morgan fingerprint density at radius 3 is 1.55 bits per heavy atom. The Balaban J connectivity index is 1.45. The van der Waals surface area contributed by atoms with E-state index in [0.717, 1.165) is 32.9 Å². The van der Waals surface area contributed by atoms with E-state index >= 15 is 0 Å². The summed E-state index contributed by atoms with van der Waals surface area (Å²) in [6, 6.07) is 25.5. The van der Waals surface area contributed by atoms with Crippen LogP contribution >= 0.6 is 0 Å². The molecule has 1 aromatic heterocycles. The first-order valence-corrected chi connectivity index (χ1v) is 15.8. The van der Waals surface area contributed by atoms with E-state index in [4.69, 9.17) is 14.5 Å². The summed E-state index contributed by atoms with van der Waals surface area (Å²) in [5.74, 6) is -4.45. The van der Waals surface area contributed by atoms with Crippen LogP contribution in [0.15, 0.2) is 84.9 Å². The highest BCUT2D eigenvalue weighted by molar-refractivity contribution is 6.04. The fourth-order valence-electron chi connectivity index (χ4n) is 5.65. The molecule has 0 bridgehead atoms. The number of benzene rings is 4. The summed E-state index contributed by atoms with van der Waals surface area (Å²) in [4.78, 5) is 53.4. The highest BCUT2D eigenvalue weighted by atomic mass is 16.5. The monoisotopic (exact) mass is 693 g/mol. The average Bonchev–Trinajstić information content (AvgIpc) is 3.07. The molecule has 4 aromatic carbocycles. The largest absolute Gasteiger partial charge is 0.488 e. The molecule has 0 radical (unpaired) electrons. The number of aliphatic carboxylic acids is 4. The normalized spacial score (nSPS) is 11.1. The van der Waals surface area contributed by atoms with Crippen LogP contribution in [-0.2, 0) is 19.2 Å². The van der Waals surface area contributed by atoms with Crippen LogP contribution < -0.4 is 19.3 Å². The Hall–Kier alpha value is -6.63. The second-order valence-corrected chi connectivity index (χ2v) is 11.6. The predicted molar refractivity (Wildman–Crippen MR) is 192 cm³/mol. The molecular formula is C38H35N3O10. The summed E-state index contributed by atoms with van der Waals surface area (Å²) < 4.78 is 12.1. The van der Waals surface area contributed by atoms with E-state index in [1.165, 1.54) is 9.80 Å². The van der Waals surface area contributed by atoms with E-state index < -0.39 is 50.1 Å². The Bertz CT molecular complexity index is 2040. The molecule has 262 valence electrons. The van der Waals surface area contributed by atoms with Gasteiger partial charge in [-0.25, -0.2) is 4.98 Å². The van der Waals surface area contributed by atoms with Crippen LogP contribution in [0.4, 0.5) is 11.4 Å². The third-order valence-electron chi connectivity index (χ3n) is 7.76. The summed E-state index contributed by atoms with van der Waals surface area (Å²) in [6.45, 7) is -0.693. The van der Waals surface area contributed by atoms with Gasteiger partial charge in [0.1, 0.15) is 50.9 Å². The second-order valence-electron chi connectivity index (χ2n) is 11.6. The fraction of sp³-hybridized carbons (Fsp3) is 0.184. The number of carboxylic acid groups (broad SMARTS) is 4. The topological polar surface area (TPSA) is 187 Å². The van der Waals surface area contributed by atoms with Crippen LogP contribution in [0.25, 0.3) is 34.0 Å². The number of hydrogen-bond acceptors (Lipinski definition) is 9.